The Bertz CT molecular complexity index is 1520. The maximum Gasteiger partial charge on any atom is 0.410 e. The Balaban J connectivity index is 1.35. The molecule has 1 aromatic heterocycles. The van der Waals surface area contributed by atoms with E-state index in [1.807, 2.05) is 81.4 Å². The Morgan fingerprint density at radius 2 is 1.70 bits per heavy atom. The third-order valence-electron chi connectivity index (χ3n) is 7.64. The highest BCUT2D eigenvalue weighted by Crippen LogP contribution is 2.38. The van der Waals surface area contributed by atoms with Gasteiger partial charge >= 0.3 is 6.09 Å². The number of rotatable bonds is 9. The number of amides is 1. The van der Waals surface area contributed by atoms with Crippen molar-refractivity contribution in [2.24, 2.45) is 11.3 Å². The minimum atomic E-state index is -1.24. The monoisotopic (exact) mass is 591 g/mol. The van der Waals surface area contributed by atoms with E-state index in [0.717, 1.165) is 29.3 Å². The van der Waals surface area contributed by atoms with Crippen LogP contribution in [-0.2, 0) is 17.8 Å². The molecule has 43 heavy (non-hydrogen) atoms. The normalized spacial score (nSPS) is 17.7. The summed E-state index contributed by atoms with van der Waals surface area (Å²) in [4.78, 5) is 18.8. The predicted molar refractivity (Wildman–Crippen MR) is 158 cm³/mol. The SMILES string of the molecule is CC(C)(C)C(NCC1CN(C(=O)OCc2ccccc2)CC1F)c1nc(-c2cc(F)ccc2F)oc1Cc1ccccc1. The average Bonchev–Trinajstić information content (AvgIpc) is 3.56. The predicted octanol–water partition coefficient (Wildman–Crippen LogP) is 7.49. The molecule has 0 aliphatic carbocycles. The number of carbonyl (C=O) groups is 1. The number of alkyl halides is 1. The molecule has 3 unspecified atom stereocenters. The second-order valence-corrected chi connectivity index (χ2v) is 12.0. The fourth-order valence-electron chi connectivity index (χ4n) is 5.34. The van der Waals surface area contributed by atoms with Crippen LogP contribution in [0.5, 0.6) is 0 Å². The van der Waals surface area contributed by atoms with Crippen LogP contribution in [0.1, 0.15) is 49.4 Å². The molecule has 0 bridgehead atoms. The molecule has 2 heterocycles. The van der Waals surface area contributed by atoms with Crippen LogP contribution in [-0.4, -0.2) is 41.8 Å². The van der Waals surface area contributed by atoms with Crippen LogP contribution in [0.25, 0.3) is 11.5 Å². The van der Waals surface area contributed by atoms with Gasteiger partial charge in [0.2, 0.25) is 5.89 Å². The van der Waals surface area contributed by atoms with Crippen LogP contribution in [0, 0.1) is 23.0 Å². The van der Waals surface area contributed by atoms with E-state index < -0.39 is 41.3 Å². The number of hydrogen-bond donors (Lipinski definition) is 1. The van der Waals surface area contributed by atoms with Crippen molar-refractivity contribution in [1.82, 2.24) is 15.2 Å². The van der Waals surface area contributed by atoms with Gasteiger partial charge in [0.05, 0.1) is 18.2 Å². The van der Waals surface area contributed by atoms with E-state index >= 15 is 4.39 Å². The van der Waals surface area contributed by atoms with Gasteiger partial charge in [-0.2, -0.15) is 0 Å². The fourth-order valence-corrected chi connectivity index (χ4v) is 5.34. The zero-order valence-corrected chi connectivity index (χ0v) is 24.5. The molecule has 1 N–H and O–H groups in total. The molecule has 1 aliphatic heterocycles. The van der Waals surface area contributed by atoms with Crippen LogP contribution in [0.2, 0.25) is 0 Å². The van der Waals surface area contributed by atoms with E-state index in [-0.39, 0.29) is 37.7 Å². The van der Waals surface area contributed by atoms with Crippen molar-refractivity contribution in [3.63, 3.8) is 0 Å². The van der Waals surface area contributed by atoms with Gasteiger partial charge in [0.15, 0.2) is 0 Å². The lowest BCUT2D eigenvalue weighted by Gasteiger charge is -2.32. The summed E-state index contributed by atoms with van der Waals surface area (Å²) in [6.07, 6.45) is -1.41. The lowest BCUT2D eigenvalue weighted by molar-refractivity contribution is 0.101. The summed E-state index contributed by atoms with van der Waals surface area (Å²) in [7, 11) is 0. The standard InChI is InChI=1S/C34H36F3N3O3/c1-34(2,3)31(38-18-24-19-40(20-28(24)37)33(41)42-21-23-12-8-5-9-13-23)30-29(16-22-10-6-4-7-11-22)43-32(39-30)26-17-25(35)14-15-27(26)36/h4-15,17,24,28,31,38H,16,18-21H2,1-3H3. The van der Waals surface area contributed by atoms with Crippen LogP contribution in [0.4, 0.5) is 18.0 Å². The molecule has 9 heteroatoms. The molecule has 3 aromatic carbocycles. The molecule has 1 saturated heterocycles. The number of carbonyl (C=O) groups excluding carboxylic acids is 1. The van der Waals surface area contributed by atoms with Gasteiger partial charge in [0.25, 0.3) is 0 Å². The van der Waals surface area contributed by atoms with E-state index in [9.17, 15) is 13.6 Å². The van der Waals surface area contributed by atoms with Crippen molar-refractivity contribution in [1.29, 1.82) is 0 Å². The summed E-state index contributed by atoms with van der Waals surface area (Å²) in [5, 5.41) is 3.47. The summed E-state index contributed by atoms with van der Waals surface area (Å²) in [5.74, 6) is -1.24. The number of nitrogens with one attached hydrogen (secondary N) is 1. The zero-order chi connectivity index (χ0) is 30.6. The number of ether oxygens (including phenoxy) is 1. The molecule has 1 aliphatic rings. The maximum absolute atomic E-state index is 15.2. The van der Waals surface area contributed by atoms with E-state index in [0.29, 0.717) is 17.9 Å². The lowest BCUT2D eigenvalue weighted by Crippen LogP contribution is -2.38. The van der Waals surface area contributed by atoms with Gasteiger partial charge in [-0.1, -0.05) is 81.4 Å². The topological polar surface area (TPSA) is 67.6 Å². The number of benzene rings is 3. The van der Waals surface area contributed by atoms with Gasteiger partial charge in [0.1, 0.15) is 35.9 Å². The molecule has 5 rings (SSSR count). The van der Waals surface area contributed by atoms with Crippen molar-refractivity contribution >= 4 is 6.09 Å². The summed E-state index contributed by atoms with van der Waals surface area (Å²) in [6, 6.07) is 21.7. The van der Waals surface area contributed by atoms with Crippen molar-refractivity contribution in [2.75, 3.05) is 19.6 Å². The van der Waals surface area contributed by atoms with Gasteiger partial charge in [-0.05, 0) is 34.7 Å². The lowest BCUT2D eigenvalue weighted by atomic mass is 9.83. The van der Waals surface area contributed by atoms with E-state index in [1.165, 1.54) is 4.90 Å². The van der Waals surface area contributed by atoms with Crippen LogP contribution >= 0.6 is 0 Å². The Kier molecular flexibility index (Phi) is 9.20. The summed E-state index contributed by atoms with van der Waals surface area (Å²) < 4.78 is 55.5. The minimum Gasteiger partial charge on any atom is -0.445 e. The summed E-state index contributed by atoms with van der Waals surface area (Å²) >= 11 is 0. The van der Waals surface area contributed by atoms with Gasteiger partial charge in [-0.3, -0.25) is 0 Å². The third kappa shape index (κ3) is 7.46. The molecule has 6 nitrogen and oxygen atoms in total. The Hall–Kier alpha value is -4.11. The summed E-state index contributed by atoms with van der Waals surface area (Å²) in [5.41, 5.74) is 1.87. The molecule has 1 amide bonds. The zero-order valence-electron chi connectivity index (χ0n) is 24.5. The second-order valence-electron chi connectivity index (χ2n) is 12.0. The van der Waals surface area contributed by atoms with Crippen molar-refractivity contribution in [3.8, 4) is 11.5 Å². The van der Waals surface area contributed by atoms with E-state index in [1.54, 1.807) is 0 Å². The highest BCUT2D eigenvalue weighted by Gasteiger charge is 2.39. The van der Waals surface area contributed by atoms with Crippen LogP contribution in [0.15, 0.2) is 83.3 Å². The third-order valence-corrected chi connectivity index (χ3v) is 7.64. The highest BCUT2D eigenvalue weighted by atomic mass is 19.1. The number of nitrogens with zero attached hydrogens (tertiary/aromatic N) is 2. The smallest absolute Gasteiger partial charge is 0.410 e. The molecular formula is C34H36F3N3O3. The first-order valence-electron chi connectivity index (χ1n) is 14.4. The van der Waals surface area contributed by atoms with Crippen molar-refractivity contribution < 1.29 is 27.1 Å². The van der Waals surface area contributed by atoms with Crippen LogP contribution < -0.4 is 5.32 Å². The molecule has 0 radical (unpaired) electrons. The van der Waals surface area contributed by atoms with Gasteiger partial charge in [0, 0.05) is 25.4 Å². The summed E-state index contributed by atoms with van der Waals surface area (Å²) in [6.45, 7) is 6.58. The van der Waals surface area contributed by atoms with Crippen molar-refractivity contribution in [3.05, 3.63) is 113 Å². The first-order chi connectivity index (χ1) is 20.6. The quantitative estimate of drug-likeness (QED) is 0.218. The Morgan fingerprint density at radius 3 is 2.37 bits per heavy atom. The minimum absolute atomic E-state index is 0.0226. The largest absolute Gasteiger partial charge is 0.445 e. The molecule has 1 fully saturated rings. The first-order valence-corrected chi connectivity index (χ1v) is 14.4. The molecular weight excluding hydrogens is 555 g/mol. The maximum atomic E-state index is 15.2. The second kappa shape index (κ2) is 13.0. The van der Waals surface area contributed by atoms with Gasteiger partial charge < -0.3 is 19.4 Å². The number of hydrogen-bond acceptors (Lipinski definition) is 5. The molecule has 4 aromatic rings. The number of aromatic nitrogens is 1. The van der Waals surface area contributed by atoms with Crippen molar-refractivity contribution in [2.45, 2.75) is 46.0 Å². The number of halogens is 3. The number of likely N-dealkylation sites (tertiary alicyclic amines) is 1. The van der Waals surface area contributed by atoms with Gasteiger partial charge in [-0.15, -0.1) is 0 Å². The molecule has 226 valence electrons. The average molecular weight is 592 g/mol. The van der Waals surface area contributed by atoms with Crippen LogP contribution in [0.3, 0.4) is 0 Å². The molecule has 3 atom stereocenters. The van der Waals surface area contributed by atoms with Gasteiger partial charge in [-0.25, -0.2) is 22.9 Å². The Labute approximate surface area is 249 Å². The fraction of sp³-hybridized carbons (Fsp3) is 0.353. The first kappa shape index (κ1) is 30.4. The highest BCUT2D eigenvalue weighted by molar-refractivity contribution is 5.68. The van der Waals surface area contributed by atoms with E-state index in [4.69, 9.17) is 14.1 Å². The molecule has 0 spiro atoms. The van der Waals surface area contributed by atoms with E-state index in [2.05, 4.69) is 5.32 Å². The Morgan fingerprint density at radius 1 is 1.02 bits per heavy atom. The number of oxazole rings is 1. The molecule has 0 saturated carbocycles.